The lowest BCUT2D eigenvalue weighted by Crippen LogP contribution is -2.04. The fourth-order valence-corrected chi connectivity index (χ4v) is 2.10. The van der Waals surface area contributed by atoms with Crippen LogP contribution in [0.5, 0.6) is 0 Å². The summed E-state index contributed by atoms with van der Waals surface area (Å²) in [5, 5.41) is 13.3. The van der Waals surface area contributed by atoms with E-state index in [0.29, 0.717) is 17.9 Å². The van der Waals surface area contributed by atoms with Crippen LogP contribution in [0.15, 0.2) is 24.3 Å². The molecule has 0 aliphatic heterocycles. The molecule has 1 aromatic carbocycles. The lowest BCUT2D eigenvalue weighted by molar-refractivity contribution is -0.730. The maximum atomic E-state index is 11.0. The summed E-state index contributed by atoms with van der Waals surface area (Å²) in [5.41, 5.74) is 3.70. The summed E-state index contributed by atoms with van der Waals surface area (Å²) in [5.74, 6) is 0. The molecule has 94 valence electrons. The SMILES string of the molecule is Cc1cccc(Cn2nc(C)c([N+](=O)O)c2C)c1. The van der Waals surface area contributed by atoms with Gasteiger partial charge in [0.2, 0.25) is 0 Å². The summed E-state index contributed by atoms with van der Waals surface area (Å²) < 4.78 is 1.72. The molecule has 0 saturated carbocycles. The molecule has 0 saturated heterocycles. The molecule has 18 heavy (non-hydrogen) atoms. The smallest absolute Gasteiger partial charge is 0.258 e. The molecule has 0 radical (unpaired) electrons. The molecular weight excluding hydrogens is 230 g/mol. The van der Waals surface area contributed by atoms with Crippen molar-refractivity contribution in [2.24, 2.45) is 0 Å². The van der Waals surface area contributed by atoms with E-state index >= 15 is 0 Å². The molecule has 0 unspecified atom stereocenters. The van der Waals surface area contributed by atoms with E-state index in [1.807, 2.05) is 25.1 Å². The quantitative estimate of drug-likeness (QED) is 0.847. The number of aryl methyl sites for hydroxylation is 2. The van der Waals surface area contributed by atoms with Gasteiger partial charge in [-0.1, -0.05) is 29.8 Å². The van der Waals surface area contributed by atoms with E-state index in [-0.39, 0.29) is 10.6 Å². The minimum Gasteiger partial charge on any atom is -0.258 e. The summed E-state index contributed by atoms with van der Waals surface area (Å²) in [6.45, 7) is 6.09. The van der Waals surface area contributed by atoms with Gasteiger partial charge in [-0.25, -0.2) is 5.21 Å². The van der Waals surface area contributed by atoms with Crippen molar-refractivity contribution in [3.8, 4) is 0 Å². The molecule has 0 bridgehead atoms. The Kier molecular flexibility index (Phi) is 3.14. The van der Waals surface area contributed by atoms with Crippen LogP contribution in [-0.2, 0) is 6.54 Å². The van der Waals surface area contributed by atoms with Gasteiger partial charge in [-0.2, -0.15) is 5.10 Å². The van der Waals surface area contributed by atoms with Gasteiger partial charge in [0.15, 0.2) is 0 Å². The maximum Gasteiger partial charge on any atom is 0.359 e. The van der Waals surface area contributed by atoms with Gasteiger partial charge in [0.25, 0.3) is 4.92 Å². The predicted octanol–water partition coefficient (Wildman–Crippen LogP) is 2.66. The largest absolute Gasteiger partial charge is 0.359 e. The number of hydrogen-bond acceptors (Lipinski definition) is 2. The molecule has 2 aromatic rings. The average Bonchev–Trinajstić information content (AvgIpc) is 2.54. The molecule has 2 rings (SSSR count). The van der Waals surface area contributed by atoms with Crippen LogP contribution in [0.25, 0.3) is 0 Å². The molecule has 0 aliphatic carbocycles. The topological polar surface area (TPSA) is 58.1 Å². The van der Waals surface area contributed by atoms with Gasteiger partial charge in [-0.3, -0.25) is 4.68 Å². The van der Waals surface area contributed by atoms with Gasteiger partial charge < -0.3 is 0 Å². The van der Waals surface area contributed by atoms with Crippen molar-refractivity contribution in [3.05, 3.63) is 51.7 Å². The lowest BCUT2D eigenvalue weighted by atomic mass is 10.1. The third kappa shape index (κ3) is 2.25. The van der Waals surface area contributed by atoms with E-state index in [1.54, 1.807) is 18.5 Å². The van der Waals surface area contributed by atoms with Crippen molar-refractivity contribution in [3.63, 3.8) is 0 Å². The standard InChI is InChI=1S/C13H16N3O2/c1-9-5-4-6-12(7-9)8-15-11(3)13(16(17)18)10(2)14-15/h4-7H,8H2,1-3H3,(H,17,18)/q+1. The molecule has 0 fully saturated rings. The first-order valence-electron chi connectivity index (χ1n) is 5.74. The molecule has 1 heterocycles. The first-order valence-corrected chi connectivity index (χ1v) is 5.74. The predicted molar refractivity (Wildman–Crippen MR) is 67.1 cm³/mol. The molecule has 5 nitrogen and oxygen atoms in total. The van der Waals surface area contributed by atoms with Crippen LogP contribution in [0.2, 0.25) is 0 Å². The Bertz CT molecular complexity index is 602. The lowest BCUT2D eigenvalue weighted by Gasteiger charge is -2.04. The fraction of sp³-hybridized carbons (Fsp3) is 0.308. The van der Waals surface area contributed by atoms with E-state index in [1.165, 1.54) is 5.56 Å². The Balaban J connectivity index is 2.36. The Morgan fingerprint density at radius 3 is 2.61 bits per heavy atom. The van der Waals surface area contributed by atoms with Crippen molar-refractivity contribution in [1.82, 2.24) is 9.78 Å². The van der Waals surface area contributed by atoms with Gasteiger partial charge in [0, 0.05) is 0 Å². The highest BCUT2D eigenvalue weighted by Crippen LogP contribution is 2.22. The van der Waals surface area contributed by atoms with Gasteiger partial charge in [0.05, 0.1) is 11.5 Å². The summed E-state index contributed by atoms with van der Waals surface area (Å²) >= 11 is 0. The summed E-state index contributed by atoms with van der Waals surface area (Å²) in [6, 6.07) is 8.10. The van der Waals surface area contributed by atoms with Crippen LogP contribution in [0.1, 0.15) is 22.5 Å². The first-order chi connectivity index (χ1) is 8.49. The summed E-state index contributed by atoms with van der Waals surface area (Å²) in [7, 11) is 0. The van der Waals surface area contributed by atoms with Crippen LogP contribution in [0, 0.1) is 25.7 Å². The molecule has 5 heteroatoms. The Hall–Kier alpha value is -2.17. The number of benzene rings is 1. The van der Waals surface area contributed by atoms with E-state index in [4.69, 9.17) is 5.21 Å². The number of aromatic nitrogens is 2. The minimum atomic E-state index is -0.121. The summed E-state index contributed by atoms with van der Waals surface area (Å²) in [4.78, 5) is 10.9. The monoisotopic (exact) mass is 246 g/mol. The second kappa shape index (κ2) is 4.60. The van der Waals surface area contributed by atoms with E-state index in [2.05, 4.69) is 11.2 Å². The molecule has 0 amide bonds. The third-order valence-corrected chi connectivity index (χ3v) is 2.95. The van der Waals surface area contributed by atoms with Crippen molar-refractivity contribution in [1.29, 1.82) is 0 Å². The molecule has 1 aromatic heterocycles. The number of hydrogen-bond donors (Lipinski definition) is 1. The molecule has 1 N–H and O–H groups in total. The van der Waals surface area contributed by atoms with Crippen molar-refractivity contribution in [2.45, 2.75) is 27.3 Å². The zero-order valence-electron chi connectivity index (χ0n) is 10.7. The second-order valence-corrected chi connectivity index (χ2v) is 4.44. The maximum absolute atomic E-state index is 11.0. The molecular formula is C13H16N3O2+. The third-order valence-electron chi connectivity index (χ3n) is 2.95. The van der Waals surface area contributed by atoms with Gasteiger partial charge in [-0.05, 0) is 26.3 Å². The highest BCUT2D eigenvalue weighted by molar-refractivity contribution is 5.39. The zero-order chi connectivity index (χ0) is 13.3. The average molecular weight is 246 g/mol. The Labute approximate surface area is 105 Å². The minimum absolute atomic E-state index is 0.121. The van der Waals surface area contributed by atoms with E-state index < -0.39 is 0 Å². The fourth-order valence-electron chi connectivity index (χ4n) is 2.10. The van der Waals surface area contributed by atoms with E-state index in [9.17, 15) is 4.91 Å². The van der Waals surface area contributed by atoms with Crippen molar-refractivity contribution < 1.29 is 10.1 Å². The Morgan fingerprint density at radius 2 is 2.06 bits per heavy atom. The second-order valence-electron chi connectivity index (χ2n) is 4.44. The van der Waals surface area contributed by atoms with Crippen LogP contribution >= 0.6 is 0 Å². The molecule has 0 spiro atoms. The van der Waals surface area contributed by atoms with Crippen LogP contribution < -0.4 is 0 Å². The van der Waals surface area contributed by atoms with Gasteiger partial charge in [0.1, 0.15) is 11.4 Å². The van der Waals surface area contributed by atoms with Crippen LogP contribution in [0.4, 0.5) is 5.69 Å². The van der Waals surface area contributed by atoms with Crippen LogP contribution in [-0.4, -0.2) is 19.9 Å². The highest BCUT2D eigenvalue weighted by Gasteiger charge is 2.26. The van der Waals surface area contributed by atoms with Gasteiger partial charge >= 0.3 is 5.69 Å². The van der Waals surface area contributed by atoms with Crippen molar-refractivity contribution in [2.75, 3.05) is 0 Å². The summed E-state index contributed by atoms with van der Waals surface area (Å²) in [6.07, 6.45) is 0. The Morgan fingerprint density at radius 1 is 1.33 bits per heavy atom. The van der Waals surface area contributed by atoms with Gasteiger partial charge in [-0.15, -0.1) is 0 Å². The normalized spacial score (nSPS) is 10.6. The zero-order valence-corrected chi connectivity index (χ0v) is 10.7. The highest BCUT2D eigenvalue weighted by atomic mass is 16.6. The molecule has 0 atom stereocenters. The first kappa shape index (κ1) is 12.3. The molecule has 0 aliphatic rings. The number of nitrogens with zero attached hydrogens (tertiary/aromatic N) is 3. The number of rotatable bonds is 3. The van der Waals surface area contributed by atoms with Crippen LogP contribution in [0.3, 0.4) is 0 Å². The van der Waals surface area contributed by atoms with Crippen molar-refractivity contribution >= 4 is 5.69 Å². The van der Waals surface area contributed by atoms with E-state index in [0.717, 1.165) is 5.56 Å².